The first-order valence-electron chi connectivity index (χ1n) is 5.75. The Balaban J connectivity index is 3.01. The molecule has 1 aromatic heterocycles. The second kappa shape index (κ2) is 5.77. The van der Waals surface area contributed by atoms with Crippen molar-refractivity contribution in [3.8, 4) is 0 Å². The normalized spacial score (nSPS) is 13.0. The molecule has 6 nitrogen and oxygen atoms in total. The number of aromatic carboxylic acids is 1. The summed E-state index contributed by atoms with van der Waals surface area (Å²) in [6.45, 7) is 5.84. The van der Waals surface area contributed by atoms with E-state index in [-0.39, 0.29) is 18.3 Å². The average molecular weight is 241 g/mol. The van der Waals surface area contributed by atoms with Crippen LogP contribution in [-0.4, -0.2) is 37.8 Å². The summed E-state index contributed by atoms with van der Waals surface area (Å²) >= 11 is 0. The van der Waals surface area contributed by atoms with Gasteiger partial charge in [0.1, 0.15) is 0 Å². The highest BCUT2D eigenvalue weighted by molar-refractivity contribution is 5.86. The van der Waals surface area contributed by atoms with Gasteiger partial charge in [-0.2, -0.15) is 0 Å². The molecule has 1 heterocycles. The molecule has 0 bridgehead atoms. The van der Waals surface area contributed by atoms with Crippen molar-refractivity contribution in [1.29, 1.82) is 0 Å². The van der Waals surface area contributed by atoms with Gasteiger partial charge in [0.05, 0.1) is 18.3 Å². The molecule has 6 heteroatoms. The molecule has 2 N–H and O–H groups in total. The summed E-state index contributed by atoms with van der Waals surface area (Å²) in [6.07, 6.45) is 1.47. The van der Waals surface area contributed by atoms with Gasteiger partial charge in [-0.05, 0) is 25.7 Å². The van der Waals surface area contributed by atoms with E-state index in [0.29, 0.717) is 18.0 Å². The van der Waals surface area contributed by atoms with E-state index in [1.807, 2.05) is 0 Å². The highest BCUT2D eigenvalue weighted by Crippen LogP contribution is 2.16. The van der Waals surface area contributed by atoms with Crippen molar-refractivity contribution in [2.24, 2.45) is 5.92 Å². The number of carboxylic acids is 1. The Hall–Kier alpha value is -1.43. The molecule has 0 radical (unpaired) electrons. The first-order valence-corrected chi connectivity index (χ1v) is 5.75. The number of hydrogen-bond donors (Lipinski definition) is 2. The molecule has 0 amide bonds. The minimum atomic E-state index is -1.07. The zero-order chi connectivity index (χ0) is 13.0. The van der Waals surface area contributed by atoms with Crippen molar-refractivity contribution in [1.82, 2.24) is 15.0 Å². The van der Waals surface area contributed by atoms with Crippen molar-refractivity contribution >= 4 is 5.97 Å². The fourth-order valence-electron chi connectivity index (χ4n) is 1.57. The Morgan fingerprint density at radius 3 is 2.53 bits per heavy atom. The Labute approximate surface area is 100 Å². The molecular formula is C11H19N3O3. The number of aliphatic hydroxyl groups is 1. The molecule has 1 aromatic rings. The van der Waals surface area contributed by atoms with Crippen LogP contribution in [-0.2, 0) is 6.42 Å². The summed E-state index contributed by atoms with van der Waals surface area (Å²) in [7, 11) is 0. The van der Waals surface area contributed by atoms with Crippen molar-refractivity contribution in [2.45, 2.75) is 39.7 Å². The molecular weight excluding hydrogens is 222 g/mol. The quantitative estimate of drug-likeness (QED) is 0.779. The summed E-state index contributed by atoms with van der Waals surface area (Å²) in [5, 5.41) is 25.6. The van der Waals surface area contributed by atoms with Crippen LogP contribution >= 0.6 is 0 Å². The first-order chi connectivity index (χ1) is 7.97. The second-order valence-electron chi connectivity index (χ2n) is 4.60. The lowest BCUT2D eigenvalue weighted by Crippen LogP contribution is -2.16. The van der Waals surface area contributed by atoms with Crippen LogP contribution in [0.25, 0.3) is 0 Å². The van der Waals surface area contributed by atoms with Crippen LogP contribution in [0.15, 0.2) is 0 Å². The number of hydrogen-bond acceptors (Lipinski definition) is 4. The summed E-state index contributed by atoms with van der Waals surface area (Å²) in [6, 6.07) is -0.252. The molecule has 0 aliphatic rings. The van der Waals surface area contributed by atoms with E-state index in [0.717, 1.165) is 6.42 Å². The molecule has 0 aliphatic heterocycles. The topological polar surface area (TPSA) is 88.2 Å². The Bertz CT molecular complexity index is 387. The second-order valence-corrected chi connectivity index (χ2v) is 4.60. The largest absolute Gasteiger partial charge is 0.476 e. The third-order valence-electron chi connectivity index (χ3n) is 2.63. The number of nitrogens with zero attached hydrogens (tertiary/aromatic N) is 3. The monoisotopic (exact) mass is 241 g/mol. The van der Waals surface area contributed by atoms with Gasteiger partial charge in [-0.3, -0.25) is 0 Å². The predicted octanol–water partition coefficient (Wildman–Crippen LogP) is 1.12. The minimum absolute atomic E-state index is 0.00838. The maximum absolute atomic E-state index is 11.0. The lowest BCUT2D eigenvalue weighted by atomic mass is 10.0. The highest BCUT2D eigenvalue weighted by atomic mass is 16.4. The standard InChI is InChI=1S/C11H19N3O3/c1-7(2)4-5-9-10(11(16)17)12-13-14(9)8(3)6-15/h7-8,15H,4-6H2,1-3H3,(H,16,17). The SMILES string of the molecule is CC(C)CCc1c(C(=O)O)nnn1C(C)CO. The van der Waals surface area contributed by atoms with E-state index in [4.69, 9.17) is 10.2 Å². The molecule has 0 fully saturated rings. The molecule has 1 unspecified atom stereocenters. The fourth-order valence-corrected chi connectivity index (χ4v) is 1.57. The number of aliphatic hydroxyl groups excluding tert-OH is 1. The molecule has 17 heavy (non-hydrogen) atoms. The summed E-state index contributed by atoms with van der Waals surface area (Å²) in [5.74, 6) is -0.593. The smallest absolute Gasteiger partial charge is 0.358 e. The van der Waals surface area contributed by atoms with Gasteiger partial charge < -0.3 is 10.2 Å². The zero-order valence-corrected chi connectivity index (χ0v) is 10.4. The van der Waals surface area contributed by atoms with Gasteiger partial charge in [0.2, 0.25) is 0 Å². The minimum Gasteiger partial charge on any atom is -0.476 e. The maximum atomic E-state index is 11.0. The summed E-state index contributed by atoms with van der Waals surface area (Å²) in [5.41, 5.74) is 0.582. The van der Waals surface area contributed by atoms with Crippen LogP contribution in [0.4, 0.5) is 0 Å². The Morgan fingerprint density at radius 1 is 1.41 bits per heavy atom. The third kappa shape index (κ3) is 3.26. The van der Waals surface area contributed by atoms with Gasteiger partial charge in [-0.15, -0.1) is 5.10 Å². The van der Waals surface area contributed by atoms with Gasteiger partial charge in [0.25, 0.3) is 0 Å². The molecule has 0 aliphatic carbocycles. The third-order valence-corrected chi connectivity index (χ3v) is 2.63. The summed E-state index contributed by atoms with van der Waals surface area (Å²) in [4.78, 5) is 11.0. The van der Waals surface area contributed by atoms with Gasteiger partial charge in [-0.25, -0.2) is 9.48 Å². The van der Waals surface area contributed by atoms with E-state index >= 15 is 0 Å². The number of rotatable bonds is 6. The molecule has 1 rings (SSSR count). The van der Waals surface area contributed by atoms with Crippen LogP contribution in [0.3, 0.4) is 0 Å². The predicted molar refractivity (Wildman–Crippen MR) is 61.9 cm³/mol. The van der Waals surface area contributed by atoms with Crippen LogP contribution < -0.4 is 0 Å². The van der Waals surface area contributed by atoms with Crippen LogP contribution in [0.1, 0.15) is 49.4 Å². The van der Waals surface area contributed by atoms with E-state index in [1.54, 1.807) is 6.92 Å². The van der Waals surface area contributed by atoms with Crippen molar-refractivity contribution in [2.75, 3.05) is 6.61 Å². The number of carboxylic acid groups (broad SMARTS) is 1. The Kier molecular flexibility index (Phi) is 4.62. The zero-order valence-electron chi connectivity index (χ0n) is 10.4. The molecule has 0 aromatic carbocycles. The Morgan fingerprint density at radius 2 is 2.06 bits per heavy atom. The van der Waals surface area contributed by atoms with E-state index < -0.39 is 5.97 Å². The van der Waals surface area contributed by atoms with E-state index in [2.05, 4.69) is 24.2 Å². The fraction of sp³-hybridized carbons (Fsp3) is 0.727. The number of carbonyl (C=O) groups is 1. The number of aromatic nitrogens is 3. The maximum Gasteiger partial charge on any atom is 0.358 e. The molecule has 1 atom stereocenters. The first kappa shape index (κ1) is 13.6. The molecule has 96 valence electrons. The van der Waals surface area contributed by atoms with Crippen LogP contribution in [0.5, 0.6) is 0 Å². The van der Waals surface area contributed by atoms with E-state index in [9.17, 15) is 4.79 Å². The summed E-state index contributed by atoms with van der Waals surface area (Å²) < 4.78 is 1.51. The highest BCUT2D eigenvalue weighted by Gasteiger charge is 2.21. The van der Waals surface area contributed by atoms with Crippen LogP contribution in [0, 0.1) is 5.92 Å². The lowest BCUT2D eigenvalue weighted by molar-refractivity contribution is 0.0688. The van der Waals surface area contributed by atoms with Crippen molar-refractivity contribution in [3.05, 3.63) is 11.4 Å². The van der Waals surface area contributed by atoms with Gasteiger partial charge in [0, 0.05) is 0 Å². The van der Waals surface area contributed by atoms with Gasteiger partial charge in [-0.1, -0.05) is 19.1 Å². The lowest BCUT2D eigenvalue weighted by Gasteiger charge is -2.13. The van der Waals surface area contributed by atoms with Gasteiger partial charge >= 0.3 is 5.97 Å². The molecule has 0 saturated heterocycles. The molecule has 0 spiro atoms. The van der Waals surface area contributed by atoms with Crippen LogP contribution in [0.2, 0.25) is 0 Å². The average Bonchev–Trinajstić information content (AvgIpc) is 2.68. The van der Waals surface area contributed by atoms with Gasteiger partial charge in [0.15, 0.2) is 5.69 Å². The molecule has 0 saturated carbocycles. The van der Waals surface area contributed by atoms with Crippen molar-refractivity contribution < 1.29 is 15.0 Å². The van der Waals surface area contributed by atoms with Crippen molar-refractivity contribution in [3.63, 3.8) is 0 Å². The van der Waals surface area contributed by atoms with E-state index in [1.165, 1.54) is 4.68 Å².